The molecule has 2 aliphatic rings. The molecule has 1 unspecified atom stereocenters. The lowest BCUT2D eigenvalue weighted by Crippen LogP contribution is -2.63. The van der Waals surface area contributed by atoms with Crippen molar-refractivity contribution in [3.8, 4) is 0 Å². The van der Waals surface area contributed by atoms with Crippen molar-refractivity contribution in [1.29, 1.82) is 0 Å². The normalized spacial score (nSPS) is 23.6. The Morgan fingerprint density at radius 3 is 2.68 bits per heavy atom. The Labute approximate surface area is 132 Å². The van der Waals surface area contributed by atoms with Gasteiger partial charge in [0.05, 0.1) is 11.5 Å². The van der Waals surface area contributed by atoms with Gasteiger partial charge in [0.1, 0.15) is 0 Å². The van der Waals surface area contributed by atoms with Crippen LogP contribution in [0.3, 0.4) is 0 Å². The van der Waals surface area contributed by atoms with E-state index in [0.717, 1.165) is 45.5 Å². The Balaban J connectivity index is 1.63. The molecule has 2 fully saturated rings. The van der Waals surface area contributed by atoms with Crippen LogP contribution in [0.2, 0.25) is 0 Å². The van der Waals surface area contributed by atoms with Crippen LogP contribution in [0, 0.1) is 5.41 Å². The summed E-state index contributed by atoms with van der Waals surface area (Å²) in [5.74, 6) is 0.254. The summed E-state index contributed by atoms with van der Waals surface area (Å²) in [5.41, 5.74) is 0.963. The molecule has 120 valence electrons. The fourth-order valence-electron chi connectivity index (χ4n) is 3.51. The number of likely N-dealkylation sites (N-methyl/N-ethyl adjacent to an activating group) is 1. The van der Waals surface area contributed by atoms with Gasteiger partial charge in [0.25, 0.3) is 0 Å². The smallest absolute Gasteiger partial charge is 0.231 e. The third-order valence-electron chi connectivity index (χ3n) is 4.86. The SMILES string of the molecule is CN(CC1CCCCO1)C(=O)C1(Cc2ccccc2)CNC1. The van der Waals surface area contributed by atoms with Crippen LogP contribution in [-0.2, 0) is 16.0 Å². The Hall–Kier alpha value is -1.39. The molecule has 22 heavy (non-hydrogen) atoms. The molecule has 1 amide bonds. The average Bonchev–Trinajstić information content (AvgIpc) is 2.52. The minimum absolute atomic E-state index is 0.213. The molecule has 1 aromatic carbocycles. The van der Waals surface area contributed by atoms with Gasteiger partial charge in [0, 0.05) is 33.3 Å². The van der Waals surface area contributed by atoms with Crippen LogP contribution < -0.4 is 5.32 Å². The van der Waals surface area contributed by atoms with E-state index in [1.54, 1.807) is 0 Å². The third kappa shape index (κ3) is 3.33. The molecule has 1 aromatic rings. The molecule has 1 N–H and O–H groups in total. The first-order chi connectivity index (χ1) is 10.7. The summed E-state index contributed by atoms with van der Waals surface area (Å²) < 4.78 is 5.77. The lowest BCUT2D eigenvalue weighted by molar-refractivity contribution is -0.146. The number of benzene rings is 1. The van der Waals surface area contributed by atoms with Crippen molar-refractivity contribution in [1.82, 2.24) is 10.2 Å². The van der Waals surface area contributed by atoms with Crippen LogP contribution in [-0.4, -0.2) is 50.2 Å². The van der Waals surface area contributed by atoms with Gasteiger partial charge in [-0.2, -0.15) is 0 Å². The minimum Gasteiger partial charge on any atom is -0.376 e. The Morgan fingerprint density at radius 2 is 2.09 bits per heavy atom. The van der Waals surface area contributed by atoms with E-state index < -0.39 is 0 Å². The number of nitrogens with zero attached hydrogens (tertiary/aromatic N) is 1. The van der Waals surface area contributed by atoms with Gasteiger partial charge in [-0.1, -0.05) is 30.3 Å². The van der Waals surface area contributed by atoms with Crippen molar-refractivity contribution in [3.63, 3.8) is 0 Å². The second kappa shape index (κ2) is 6.80. The molecule has 2 aliphatic heterocycles. The molecule has 0 radical (unpaired) electrons. The van der Waals surface area contributed by atoms with Gasteiger partial charge in [-0.25, -0.2) is 0 Å². The number of rotatable bonds is 5. The number of carbonyl (C=O) groups excluding carboxylic acids is 1. The Morgan fingerprint density at radius 1 is 1.32 bits per heavy atom. The molecule has 2 saturated heterocycles. The molecule has 0 aliphatic carbocycles. The second-order valence-corrected chi connectivity index (χ2v) is 6.72. The number of hydrogen-bond donors (Lipinski definition) is 1. The molecule has 4 nitrogen and oxygen atoms in total. The van der Waals surface area contributed by atoms with E-state index in [1.165, 1.54) is 12.0 Å². The molecule has 4 heteroatoms. The van der Waals surface area contributed by atoms with E-state index in [0.29, 0.717) is 0 Å². The summed E-state index contributed by atoms with van der Waals surface area (Å²) in [6.45, 7) is 3.10. The fourth-order valence-corrected chi connectivity index (χ4v) is 3.51. The van der Waals surface area contributed by atoms with Crippen molar-refractivity contribution < 1.29 is 9.53 Å². The Bertz CT molecular complexity index is 493. The van der Waals surface area contributed by atoms with E-state index in [4.69, 9.17) is 4.74 Å². The molecular formula is C18H26N2O2. The monoisotopic (exact) mass is 302 g/mol. The van der Waals surface area contributed by atoms with Crippen LogP contribution in [0.5, 0.6) is 0 Å². The zero-order valence-corrected chi connectivity index (χ0v) is 13.4. The molecule has 0 spiro atoms. The molecular weight excluding hydrogens is 276 g/mol. The Kier molecular flexibility index (Phi) is 4.79. The summed E-state index contributed by atoms with van der Waals surface area (Å²) in [6.07, 6.45) is 4.46. The molecule has 0 aromatic heterocycles. The molecule has 2 heterocycles. The van der Waals surface area contributed by atoms with E-state index in [2.05, 4.69) is 17.4 Å². The first-order valence-electron chi connectivity index (χ1n) is 8.31. The lowest BCUT2D eigenvalue weighted by atomic mass is 9.75. The van der Waals surface area contributed by atoms with E-state index in [1.807, 2.05) is 30.1 Å². The maximum Gasteiger partial charge on any atom is 0.231 e. The molecule has 3 rings (SSSR count). The van der Waals surface area contributed by atoms with Gasteiger partial charge < -0.3 is 15.0 Å². The van der Waals surface area contributed by atoms with Crippen LogP contribution in [0.4, 0.5) is 0 Å². The minimum atomic E-state index is -0.273. The van der Waals surface area contributed by atoms with Gasteiger partial charge in [-0.15, -0.1) is 0 Å². The standard InChI is InChI=1S/C18H26N2O2/c1-20(12-16-9-5-6-10-22-16)17(21)18(13-19-14-18)11-15-7-3-2-4-8-15/h2-4,7-8,16,19H,5-6,9-14H2,1H3. The van der Waals surface area contributed by atoms with E-state index in [9.17, 15) is 4.79 Å². The quantitative estimate of drug-likeness (QED) is 0.902. The summed E-state index contributed by atoms with van der Waals surface area (Å²) in [7, 11) is 1.92. The maximum absolute atomic E-state index is 13.0. The number of amides is 1. The number of ether oxygens (including phenoxy) is 1. The summed E-state index contributed by atoms with van der Waals surface area (Å²) in [6, 6.07) is 10.3. The van der Waals surface area contributed by atoms with Crippen LogP contribution in [0.25, 0.3) is 0 Å². The van der Waals surface area contributed by atoms with Crippen molar-refractivity contribution in [2.75, 3.05) is 33.3 Å². The predicted molar refractivity (Wildman–Crippen MR) is 86.7 cm³/mol. The van der Waals surface area contributed by atoms with Crippen LogP contribution >= 0.6 is 0 Å². The highest BCUT2D eigenvalue weighted by atomic mass is 16.5. The highest BCUT2D eigenvalue weighted by molar-refractivity contribution is 5.84. The van der Waals surface area contributed by atoms with Crippen molar-refractivity contribution >= 4 is 5.91 Å². The first kappa shape index (κ1) is 15.5. The van der Waals surface area contributed by atoms with E-state index >= 15 is 0 Å². The van der Waals surface area contributed by atoms with Crippen molar-refractivity contribution in [2.24, 2.45) is 5.41 Å². The lowest BCUT2D eigenvalue weighted by Gasteiger charge is -2.44. The zero-order valence-electron chi connectivity index (χ0n) is 13.4. The number of nitrogens with one attached hydrogen (secondary N) is 1. The van der Waals surface area contributed by atoms with Gasteiger partial charge in [0.2, 0.25) is 5.91 Å². The largest absolute Gasteiger partial charge is 0.376 e. The van der Waals surface area contributed by atoms with Gasteiger partial charge in [-0.3, -0.25) is 4.79 Å². The predicted octanol–water partition coefficient (Wildman–Crippen LogP) is 1.85. The van der Waals surface area contributed by atoms with E-state index in [-0.39, 0.29) is 17.4 Å². The highest BCUT2D eigenvalue weighted by Crippen LogP contribution is 2.30. The fraction of sp³-hybridized carbons (Fsp3) is 0.611. The topological polar surface area (TPSA) is 41.6 Å². The van der Waals surface area contributed by atoms with Gasteiger partial charge >= 0.3 is 0 Å². The average molecular weight is 302 g/mol. The second-order valence-electron chi connectivity index (χ2n) is 6.72. The summed E-state index contributed by atoms with van der Waals surface area (Å²) >= 11 is 0. The number of carbonyl (C=O) groups is 1. The van der Waals surface area contributed by atoms with Crippen molar-refractivity contribution in [2.45, 2.75) is 31.8 Å². The van der Waals surface area contributed by atoms with Gasteiger partial charge in [0.15, 0.2) is 0 Å². The maximum atomic E-state index is 13.0. The third-order valence-corrected chi connectivity index (χ3v) is 4.86. The number of hydrogen-bond acceptors (Lipinski definition) is 3. The summed E-state index contributed by atoms with van der Waals surface area (Å²) in [5, 5.41) is 3.28. The van der Waals surface area contributed by atoms with Crippen LogP contribution in [0.15, 0.2) is 30.3 Å². The first-order valence-corrected chi connectivity index (χ1v) is 8.31. The molecule has 0 bridgehead atoms. The molecule has 1 atom stereocenters. The molecule has 0 saturated carbocycles. The zero-order chi connectivity index (χ0) is 15.4. The van der Waals surface area contributed by atoms with Crippen LogP contribution in [0.1, 0.15) is 24.8 Å². The summed E-state index contributed by atoms with van der Waals surface area (Å²) in [4.78, 5) is 14.8. The van der Waals surface area contributed by atoms with Gasteiger partial charge in [-0.05, 0) is 31.2 Å². The highest BCUT2D eigenvalue weighted by Gasteiger charge is 2.45. The van der Waals surface area contributed by atoms with Crippen molar-refractivity contribution in [3.05, 3.63) is 35.9 Å².